The van der Waals surface area contributed by atoms with Crippen molar-refractivity contribution in [2.75, 3.05) is 0 Å². The van der Waals surface area contributed by atoms with E-state index >= 15 is 0 Å². The van der Waals surface area contributed by atoms with Gasteiger partial charge in [0, 0.05) is 0 Å². The van der Waals surface area contributed by atoms with Crippen molar-refractivity contribution in [1.29, 1.82) is 0 Å². The van der Waals surface area contributed by atoms with Gasteiger partial charge in [0.1, 0.15) is 0 Å². The van der Waals surface area contributed by atoms with E-state index in [1.54, 1.807) is 0 Å². The molecule has 0 saturated heterocycles. The standard InChI is InChI=1S/C18F15Ge.C2H5.Hg/c19-1-4(22)10(28)16(11(29)5(1)23)34(17-12(30)6(24)2(20)7(25)13(17)31)18-14(32)8(26)3(21)9(27)15(18)33;1-2;/h;1H2,2H3;. The molecule has 0 saturated carbocycles. The van der Waals surface area contributed by atoms with E-state index in [0.717, 1.165) is 26.1 Å². The normalized spacial score (nSPS) is 11.2. The van der Waals surface area contributed by atoms with Gasteiger partial charge in [0.05, 0.1) is 0 Å². The molecule has 1 radical (unpaired) electrons. The van der Waals surface area contributed by atoms with Gasteiger partial charge >= 0.3 is 218 Å². The van der Waals surface area contributed by atoms with E-state index < -0.39 is 115 Å². The molecule has 0 unspecified atom stereocenters. The van der Waals surface area contributed by atoms with Crippen molar-refractivity contribution >= 4 is 27.5 Å². The summed E-state index contributed by atoms with van der Waals surface area (Å²) in [5.41, 5.74) is 0. The van der Waals surface area contributed by atoms with Crippen LogP contribution in [0.25, 0.3) is 0 Å². The Morgan fingerprint density at radius 3 is 0.595 bits per heavy atom. The van der Waals surface area contributed by atoms with E-state index in [0.29, 0.717) is 0 Å². The molecule has 0 heterocycles. The summed E-state index contributed by atoms with van der Waals surface area (Å²) in [5, 5.41) is 0. The Bertz CT molecular complexity index is 1140. The fourth-order valence-corrected chi connectivity index (χ4v) is 8.57. The molecule has 196 valence electrons. The summed E-state index contributed by atoms with van der Waals surface area (Å²) in [6.07, 6.45) is 0. The van der Waals surface area contributed by atoms with Gasteiger partial charge in [-0.2, -0.15) is 0 Å². The van der Waals surface area contributed by atoms with Crippen molar-refractivity contribution < 1.29 is 92.0 Å². The van der Waals surface area contributed by atoms with Crippen molar-refractivity contribution in [3.63, 3.8) is 0 Å². The van der Waals surface area contributed by atoms with Crippen molar-refractivity contribution in [2.24, 2.45) is 0 Å². The fourth-order valence-electron chi connectivity index (χ4n) is 2.85. The van der Waals surface area contributed by atoms with Gasteiger partial charge in [-0.25, -0.2) is 0 Å². The second kappa shape index (κ2) is 11.9. The van der Waals surface area contributed by atoms with Crippen molar-refractivity contribution in [2.45, 2.75) is 10.9 Å². The molecule has 0 aliphatic heterocycles. The Hall–Kier alpha value is -1.91. The summed E-state index contributed by atoms with van der Waals surface area (Å²) in [6, 6.07) is 0. The quantitative estimate of drug-likeness (QED) is 0.147. The SMILES string of the molecule is C[CH2][Hg].Fc1c(F)c(F)[c]([Ge]([c]2c(F)c(F)c(F)c(F)c2F)[c]2c(F)c(F)c(F)c(F)c2F)c(F)c1F. The monoisotopic (exact) mass is 806 g/mol. The van der Waals surface area contributed by atoms with Crippen LogP contribution in [0.3, 0.4) is 0 Å². The summed E-state index contributed by atoms with van der Waals surface area (Å²) in [6.45, 7) is 2.21. The van der Waals surface area contributed by atoms with Crippen LogP contribution in [0.5, 0.6) is 0 Å². The summed E-state index contributed by atoms with van der Waals surface area (Å²) in [4.78, 5) is 0. The second-order valence-electron chi connectivity index (χ2n) is 6.71. The minimum atomic E-state index is -6.37. The number of halogens is 15. The van der Waals surface area contributed by atoms with Crippen LogP contribution in [0.15, 0.2) is 0 Å². The van der Waals surface area contributed by atoms with Gasteiger partial charge in [-0.05, 0) is 0 Å². The zero-order chi connectivity index (χ0) is 28.7. The predicted octanol–water partition coefficient (Wildman–Crippen LogP) is 5.26. The van der Waals surface area contributed by atoms with Crippen LogP contribution in [-0.2, 0) is 26.1 Å². The van der Waals surface area contributed by atoms with Gasteiger partial charge < -0.3 is 0 Å². The Morgan fingerprint density at radius 1 is 0.351 bits per heavy atom. The zero-order valence-corrected chi connectivity index (χ0v) is 25.2. The summed E-state index contributed by atoms with van der Waals surface area (Å²) in [7, 11) is 0. The molecule has 3 aromatic carbocycles. The number of rotatable bonds is 3. The average molecular weight is 803 g/mol. The van der Waals surface area contributed by atoms with Crippen LogP contribution in [-0.4, -0.2) is 14.3 Å². The number of hydrogen-bond acceptors (Lipinski definition) is 0. The molecular weight excluding hydrogens is 798 g/mol. The van der Waals surface area contributed by atoms with Crippen LogP contribution >= 0.6 is 0 Å². The maximum atomic E-state index is 14.4. The van der Waals surface area contributed by atoms with Crippen LogP contribution in [0.2, 0.25) is 3.93 Å². The summed E-state index contributed by atoms with van der Waals surface area (Å²) < 4.78 is 203. The summed E-state index contributed by atoms with van der Waals surface area (Å²) in [5.74, 6) is -44.5. The molecule has 0 atom stereocenters. The molecule has 0 aromatic heterocycles. The molecular formula is C20H5F15GeHg. The predicted molar refractivity (Wildman–Crippen MR) is 93.8 cm³/mol. The molecule has 17 heteroatoms. The Balaban J connectivity index is 0.00000153. The Labute approximate surface area is 217 Å². The van der Waals surface area contributed by atoms with Crippen molar-refractivity contribution in [3.8, 4) is 0 Å². The third-order valence-corrected chi connectivity index (χ3v) is 10.3. The topological polar surface area (TPSA) is 0 Å². The van der Waals surface area contributed by atoms with Gasteiger partial charge in [-0.15, -0.1) is 0 Å². The van der Waals surface area contributed by atoms with E-state index in [2.05, 4.69) is 6.92 Å². The first-order valence-electron chi connectivity index (χ1n) is 9.29. The van der Waals surface area contributed by atoms with Gasteiger partial charge in [-0.3, -0.25) is 0 Å². The molecule has 3 aromatic rings. The minimum absolute atomic E-state index is 1.07. The van der Waals surface area contributed by atoms with E-state index in [4.69, 9.17) is 0 Å². The number of hydrogen-bond donors (Lipinski definition) is 0. The molecule has 0 fully saturated rings. The van der Waals surface area contributed by atoms with Crippen molar-refractivity contribution in [3.05, 3.63) is 87.3 Å². The van der Waals surface area contributed by atoms with Crippen LogP contribution in [0, 0.1) is 87.3 Å². The van der Waals surface area contributed by atoms with Crippen molar-refractivity contribution in [1.82, 2.24) is 0 Å². The van der Waals surface area contributed by atoms with Gasteiger partial charge in [0.25, 0.3) is 0 Å². The van der Waals surface area contributed by atoms with E-state index in [1.807, 2.05) is 0 Å². The molecule has 0 aliphatic carbocycles. The molecule has 0 nitrogen and oxygen atoms in total. The zero-order valence-electron chi connectivity index (χ0n) is 17.6. The number of benzene rings is 3. The molecule has 0 aliphatic rings. The van der Waals surface area contributed by atoms with Crippen LogP contribution in [0.1, 0.15) is 6.92 Å². The van der Waals surface area contributed by atoms with Crippen LogP contribution in [0.4, 0.5) is 65.9 Å². The summed E-state index contributed by atoms with van der Waals surface area (Å²) >= 11 is -5.30. The molecule has 0 spiro atoms. The first-order chi connectivity index (χ1) is 17.1. The first kappa shape index (κ1) is 31.3. The molecule has 37 heavy (non-hydrogen) atoms. The fraction of sp³-hybridized carbons (Fsp3) is 0.100. The maximum absolute atomic E-state index is 14.4. The Morgan fingerprint density at radius 2 is 0.459 bits per heavy atom. The third kappa shape index (κ3) is 5.21. The van der Waals surface area contributed by atoms with Gasteiger partial charge in [0.15, 0.2) is 0 Å². The molecule has 0 amide bonds. The van der Waals surface area contributed by atoms with Gasteiger partial charge in [0.2, 0.25) is 0 Å². The second-order valence-corrected chi connectivity index (χ2v) is 15.3. The third-order valence-electron chi connectivity index (χ3n) is 4.38. The van der Waals surface area contributed by atoms with E-state index in [-0.39, 0.29) is 0 Å². The van der Waals surface area contributed by atoms with Crippen LogP contribution < -0.4 is 13.2 Å². The average Bonchev–Trinajstić information content (AvgIpc) is 2.86. The van der Waals surface area contributed by atoms with E-state index in [1.165, 1.54) is 3.93 Å². The molecule has 0 N–H and O–H groups in total. The first-order valence-corrected chi connectivity index (χ1v) is 16.3. The molecule has 3 rings (SSSR count). The van der Waals surface area contributed by atoms with Gasteiger partial charge in [-0.1, -0.05) is 0 Å². The van der Waals surface area contributed by atoms with E-state index in [9.17, 15) is 65.9 Å². The molecule has 0 bridgehead atoms. The Kier molecular flexibility index (Phi) is 10.0.